The van der Waals surface area contributed by atoms with Crippen LogP contribution in [0.4, 0.5) is 5.82 Å². The second-order valence-electron chi connectivity index (χ2n) is 3.18. The van der Waals surface area contributed by atoms with Gasteiger partial charge in [0.2, 0.25) is 0 Å². The number of rotatable bonds is 5. The Labute approximate surface area is 98.0 Å². The van der Waals surface area contributed by atoms with Crippen LogP contribution in [-0.2, 0) is 0 Å². The number of hydrogen-bond acceptors (Lipinski definition) is 6. The monoisotopic (exact) mass is 247 g/mol. The number of nitrogen functional groups attached to an aromatic ring is 1. The summed E-state index contributed by atoms with van der Waals surface area (Å²) in [6.07, 6.45) is -0.585. The first kappa shape index (κ1) is 13.0. The Hall–Kier alpha value is -1.11. The lowest BCUT2D eigenvalue weighted by molar-refractivity contribution is 0.0140. The van der Waals surface area contributed by atoms with Crippen molar-refractivity contribution >= 4 is 17.4 Å². The molecule has 1 rings (SSSR count). The van der Waals surface area contributed by atoms with Crippen LogP contribution in [0.15, 0.2) is 6.20 Å². The van der Waals surface area contributed by atoms with Crippen molar-refractivity contribution in [1.82, 2.24) is 9.97 Å². The molecule has 1 heterocycles. The van der Waals surface area contributed by atoms with E-state index in [0.717, 1.165) is 0 Å². The number of aromatic nitrogens is 2. The maximum absolute atomic E-state index is 9.72. The van der Waals surface area contributed by atoms with Gasteiger partial charge >= 0.3 is 0 Å². The van der Waals surface area contributed by atoms with Crippen LogP contribution in [0, 0.1) is 0 Å². The summed E-state index contributed by atoms with van der Waals surface area (Å²) < 4.78 is 4.86. The van der Waals surface area contributed by atoms with Crippen molar-refractivity contribution in [2.75, 3.05) is 18.7 Å². The maximum Gasteiger partial charge on any atom is 0.257 e. The van der Waals surface area contributed by atoms with Crippen LogP contribution in [0.1, 0.15) is 18.2 Å². The fourth-order valence-electron chi connectivity index (χ4n) is 1.15. The fraction of sp³-hybridized carbons (Fsp3) is 0.556. The van der Waals surface area contributed by atoms with E-state index in [1.807, 2.05) is 0 Å². The van der Waals surface area contributed by atoms with Crippen molar-refractivity contribution in [3.05, 3.63) is 11.9 Å². The predicted molar refractivity (Wildman–Crippen MR) is 59.3 cm³/mol. The van der Waals surface area contributed by atoms with Crippen molar-refractivity contribution < 1.29 is 14.9 Å². The normalized spacial score (nSPS) is 14.5. The molecule has 0 aliphatic rings. The van der Waals surface area contributed by atoms with Gasteiger partial charge in [0, 0.05) is 5.88 Å². The summed E-state index contributed by atoms with van der Waals surface area (Å²) in [6, 6.07) is 0. The van der Waals surface area contributed by atoms with Crippen LogP contribution in [0.3, 0.4) is 0 Å². The van der Waals surface area contributed by atoms with E-state index in [4.69, 9.17) is 22.1 Å². The van der Waals surface area contributed by atoms with E-state index in [1.54, 1.807) is 0 Å². The molecule has 0 saturated carbocycles. The van der Waals surface area contributed by atoms with Gasteiger partial charge in [-0.05, 0) is 6.42 Å². The predicted octanol–water partition coefficient (Wildman–Crippen LogP) is 0.0906. The molecule has 16 heavy (non-hydrogen) atoms. The van der Waals surface area contributed by atoms with Gasteiger partial charge in [0.05, 0.1) is 25.1 Å². The third kappa shape index (κ3) is 2.94. The zero-order valence-electron chi connectivity index (χ0n) is 8.80. The van der Waals surface area contributed by atoms with Gasteiger partial charge in [-0.1, -0.05) is 0 Å². The molecule has 0 bridgehead atoms. The number of ether oxygens (including phenoxy) is 1. The second-order valence-corrected chi connectivity index (χ2v) is 3.56. The fourth-order valence-corrected chi connectivity index (χ4v) is 1.38. The lowest BCUT2D eigenvalue weighted by Gasteiger charge is -2.16. The number of nitrogens with zero attached hydrogens (tertiary/aromatic N) is 2. The molecule has 4 N–H and O–H groups in total. The first-order chi connectivity index (χ1) is 7.60. The Balaban J connectivity index is 2.87. The molecular formula is C9H14ClN3O3. The lowest BCUT2D eigenvalue weighted by atomic mass is 10.1. The minimum atomic E-state index is -1.15. The number of aliphatic hydroxyl groups excluding tert-OH is 2. The van der Waals surface area contributed by atoms with Crippen molar-refractivity contribution in [1.29, 1.82) is 0 Å². The van der Waals surface area contributed by atoms with Gasteiger partial charge in [-0.25, -0.2) is 9.97 Å². The highest BCUT2D eigenvalue weighted by Gasteiger charge is 2.20. The highest BCUT2D eigenvalue weighted by atomic mass is 35.5. The molecule has 6 nitrogen and oxygen atoms in total. The molecule has 0 aliphatic carbocycles. The molecule has 0 aliphatic heterocycles. The second kappa shape index (κ2) is 5.83. The summed E-state index contributed by atoms with van der Waals surface area (Å²) in [7, 11) is 1.39. The average molecular weight is 248 g/mol. The number of hydrogen-bond donors (Lipinski definition) is 3. The SMILES string of the molecule is COc1nc(C(O)C(O)CCCl)cnc1N. The summed E-state index contributed by atoms with van der Waals surface area (Å²) in [5.74, 6) is 0.498. The molecule has 0 saturated heterocycles. The van der Waals surface area contributed by atoms with Gasteiger partial charge in [0.1, 0.15) is 6.10 Å². The Bertz CT molecular complexity index is 351. The van der Waals surface area contributed by atoms with Gasteiger partial charge in [-0.15, -0.1) is 11.6 Å². The van der Waals surface area contributed by atoms with Crippen molar-refractivity contribution in [2.24, 2.45) is 0 Å². The number of alkyl halides is 1. The van der Waals surface area contributed by atoms with Crippen molar-refractivity contribution in [3.8, 4) is 5.88 Å². The van der Waals surface area contributed by atoms with Crippen LogP contribution in [0.25, 0.3) is 0 Å². The average Bonchev–Trinajstić information content (AvgIpc) is 2.29. The molecule has 1 aromatic rings. The zero-order chi connectivity index (χ0) is 12.1. The molecule has 0 amide bonds. The summed E-state index contributed by atoms with van der Waals surface area (Å²) in [5.41, 5.74) is 5.67. The lowest BCUT2D eigenvalue weighted by Crippen LogP contribution is -2.20. The van der Waals surface area contributed by atoms with E-state index >= 15 is 0 Å². The third-order valence-corrected chi connectivity index (χ3v) is 2.27. The molecule has 2 atom stereocenters. The summed E-state index contributed by atoms with van der Waals surface area (Å²) >= 11 is 5.46. The number of halogens is 1. The molecule has 0 radical (unpaired) electrons. The maximum atomic E-state index is 9.72. The minimum Gasteiger partial charge on any atom is -0.478 e. The van der Waals surface area contributed by atoms with Gasteiger partial charge in [-0.2, -0.15) is 0 Å². The number of nitrogens with two attached hydrogens (primary N) is 1. The molecule has 0 spiro atoms. The zero-order valence-corrected chi connectivity index (χ0v) is 9.55. The topological polar surface area (TPSA) is 101 Å². The Morgan fingerprint density at radius 2 is 2.25 bits per heavy atom. The van der Waals surface area contributed by atoms with Gasteiger partial charge in [-0.3, -0.25) is 0 Å². The number of methoxy groups -OCH3 is 1. The van der Waals surface area contributed by atoms with E-state index in [9.17, 15) is 10.2 Å². The van der Waals surface area contributed by atoms with Crippen LogP contribution < -0.4 is 10.5 Å². The smallest absolute Gasteiger partial charge is 0.257 e. The first-order valence-corrected chi connectivity index (χ1v) is 5.22. The van der Waals surface area contributed by atoms with Crippen LogP contribution in [-0.4, -0.2) is 39.3 Å². The van der Waals surface area contributed by atoms with Crippen LogP contribution in [0.2, 0.25) is 0 Å². The first-order valence-electron chi connectivity index (χ1n) is 4.68. The van der Waals surface area contributed by atoms with E-state index < -0.39 is 12.2 Å². The molecule has 0 aromatic carbocycles. The van der Waals surface area contributed by atoms with E-state index in [0.29, 0.717) is 0 Å². The van der Waals surface area contributed by atoms with Gasteiger partial charge < -0.3 is 20.7 Å². The van der Waals surface area contributed by atoms with Gasteiger partial charge in [0.25, 0.3) is 5.88 Å². The Morgan fingerprint density at radius 1 is 1.56 bits per heavy atom. The molecule has 0 fully saturated rings. The van der Waals surface area contributed by atoms with Crippen LogP contribution in [0.5, 0.6) is 5.88 Å². The number of aliphatic hydroxyl groups is 2. The van der Waals surface area contributed by atoms with E-state index in [-0.39, 0.29) is 29.7 Å². The molecule has 1 aromatic heterocycles. The molecule has 2 unspecified atom stereocenters. The summed E-state index contributed by atoms with van der Waals surface area (Å²) in [4.78, 5) is 7.73. The van der Waals surface area contributed by atoms with Crippen LogP contribution >= 0.6 is 11.6 Å². The van der Waals surface area contributed by atoms with E-state index in [1.165, 1.54) is 13.3 Å². The van der Waals surface area contributed by atoms with Crippen molar-refractivity contribution in [3.63, 3.8) is 0 Å². The highest BCUT2D eigenvalue weighted by Crippen LogP contribution is 2.21. The summed E-state index contributed by atoms with van der Waals surface area (Å²) in [5, 5.41) is 19.3. The Morgan fingerprint density at radius 3 is 2.81 bits per heavy atom. The molecule has 90 valence electrons. The van der Waals surface area contributed by atoms with Gasteiger partial charge in [0.15, 0.2) is 5.82 Å². The number of anilines is 1. The Kier molecular flexibility index (Phi) is 4.72. The largest absolute Gasteiger partial charge is 0.478 e. The quantitative estimate of drug-likeness (QED) is 0.638. The highest BCUT2D eigenvalue weighted by molar-refractivity contribution is 6.17. The third-order valence-electron chi connectivity index (χ3n) is 2.05. The van der Waals surface area contributed by atoms with E-state index in [2.05, 4.69) is 9.97 Å². The summed E-state index contributed by atoms with van der Waals surface area (Å²) in [6.45, 7) is 0. The minimum absolute atomic E-state index is 0.120. The molecular weight excluding hydrogens is 234 g/mol. The standard InChI is InChI=1S/C9H14ClN3O3/c1-16-9-8(11)12-4-5(13-9)7(15)6(14)2-3-10/h4,6-7,14-15H,2-3H2,1H3,(H2,11,12). The molecule has 7 heteroatoms. The van der Waals surface area contributed by atoms with Crippen molar-refractivity contribution in [2.45, 2.75) is 18.6 Å².